The van der Waals surface area contributed by atoms with Crippen molar-refractivity contribution in [3.63, 3.8) is 0 Å². The van der Waals surface area contributed by atoms with Crippen molar-refractivity contribution < 1.29 is 0 Å². The summed E-state index contributed by atoms with van der Waals surface area (Å²) in [4.78, 5) is 9.54. The van der Waals surface area contributed by atoms with Gasteiger partial charge in [-0.15, -0.1) is 11.3 Å². The zero-order chi connectivity index (χ0) is 13.8. The molecule has 1 aromatic heterocycles. The normalized spacial score (nSPS) is 22.1. The number of hydrogen-bond donors (Lipinski definition) is 1. The molecule has 5 heteroatoms. The van der Waals surface area contributed by atoms with Gasteiger partial charge in [0.25, 0.3) is 0 Å². The summed E-state index contributed by atoms with van der Waals surface area (Å²) in [6, 6.07) is 1.55. The Morgan fingerprint density at radius 2 is 2.15 bits per heavy atom. The van der Waals surface area contributed by atoms with Crippen molar-refractivity contribution in [2.24, 2.45) is 0 Å². The van der Waals surface area contributed by atoms with Gasteiger partial charge in [0.15, 0.2) is 5.13 Å². The molecule has 4 nitrogen and oxygen atoms in total. The second-order valence-electron chi connectivity index (χ2n) is 5.96. The molecule has 1 saturated carbocycles. The first kappa shape index (κ1) is 14.3. The lowest BCUT2D eigenvalue weighted by Gasteiger charge is -2.39. The number of anilines is 1. The first-order valence-corrected chi connectivity index (χ1v) is 8.86. The highest BCUT2D eigenvalue weighted by Crippen LogP contribution is 2.22. The average Bonchev–Trinajstić information content (AvgIpc) is 3.15. The van der Waals surface area contributed by atoms with E-state index in [1.807, 2.05) is 6.20 Å². The SMILES string of the molecule is CCCC(CNC1CC1)N1CCN(c2nccs2)CC1. The van der Waals surface area contributed by atoms with Crippen molar-refractivity contribution in [2.75, 3.05) is 37.6 Å². The van der Waals surface area contributed by atoms with Crippen molar-refractivity contribution in [1.82, 2.24) is 15.2 Å². The second-order valence-corrected chi connectivity index (χ2v) is 6.84. The topological polar surface area (TPSA) is 31.4 Å². The van der Waals surface area contributed by atoms with Gasteiger partial charge in [-0.3, -0.25) is 4.90 Å². The number of thiazole rings is 1. The number of piperazine rings is 1. The lowest BCUT2D eigenvalue weighted by molar-refractivity contribution is 0.171. The van der Waals surface area contributed by atoms with E-state index in [9.17, 15) is 0 Å². The van der Waals surface area contributed by atoms with Gasteiger partial charge in [-0.05, 0) is 19.3 Å². The summed E-state index contributed by atoms with van der Waals surface area (Å²) in [6.45, 7) is 8.08. The molecule has 2 aliphatic rings. The Kier molecular flexibility index (Phi) is 4.91. The molecule has 20 heavy (non-hydrogen) atoms. The molecule has 1 aliphatic carbocycles. The molecule has 0 amide bonds. The molecular formula is C15H26N4S. The molecule has 1 atom stereocenters. The summed E-state index contributed by atoms with van der Waals surface area (Å²) in [5.74, 6) is 0. The predicted octanol–water partition coefficient (Wildman–Crippen LogP) is 2.19. The van der Waals surface area contributed by atoms with Crippen LogP contribution in [0.25, 0.3) is 0 Å². The van der Waals surface area contributed by atoms with Crippen molar-refractivity contribution in [3.8, 4) is 0 Å². The van der Waals surface area contributed by atoms with Crippen LogP contribution in [0.1, 0.15) is 32.6 Å². The van der Waals surface area contributed by atoms with Crippen LogP contribution in [0.3, 0.4) is 0 Å². The van der Waals surface area contributed by atoms with Crippen molar-refractivity contribution >= 4 is 16.5 Å². The molecule has 0 aromatic carbocycles. The van der Waals surface area contributed by atoms with Crippen LogP contribution in [0.5, 0.6) is 0 Å². The predicted molar refractivity (Wildman–Crippen MR) is 85.6 cm³/mol. The highest BCUT2D eigenvalue weighted by molar-refractivity contribution is 7.13. The van der Waals surface area contributed by atoms with E-state index < -0.39 is 0 Å². The van der Waals surface area contributed by atoms with Crippen LogP contribution >= 0.6 is 11.3 Å². The van der Waals surface area contributed by atoms with Gasteiger partial charge in [-0.1, -0.05) is 13.3 Å². The van der Waals surface area contributed by atoms with Crippen LogP contribution in [0.4, 0.5) is 5.13 Å². The van der Waals surface area contributed by atoms with E-state index in [0.717, 1.165) is 25.2 Å². The number of nitrogens with one attached hydrogen (secondary N) is 1. The Labute approximate surface area is 126 Å². The smallest absolute Gasteiger partial charge is 0.185 e. The summed E-state index contributed by atoms with van der Waals surface area (Å²) < 4.78 is 0. The van der Waals surface area contributed by atoms with Gasteiger partial charge >= 0.3 is 0 Å². The van der Waals surface area contributed by atoms with Gasteiger partial charge in [0.05, 0.1) is 0 Å². The molecule has 112 valence electrons. The lowest BCUT2D eigenvalue weighted by atomic mass is 10.1. The van der Waals surface area contributed by atoms with E-state index in [1.54, 1.807) is 11.3 Å². The maximum absolute atomic E-state index is 4.43. The van der Waals surface area contributed by atoms with E-state index in [1.165, 1.54) is 50.4 Å². The summed E-state index contributed by atoms with van der Waals surface area (Å²) in [5, 5.41) is 6.97. The van der Waals surface area contributed by atoms with E-state index >= 15 is 0 Å². The third-order valence-electron chi connectivity index (χ3n) is 4.36. The number of hydrogen-bond acceptors (Lipinski definition) is 5. The minimum Gasteiger partial charge on any atom is -0.346 e. The molecule has 1 aromatic rings. The van der Waals surface area contributed by atoms with Crippen molar-refractivity contribution in [1.29, 1.82) is 0 Å². The Bertz CT molecular complexity index is 383. The van der Waals surface area contributed by atoms with E-state index in [0.29, 0.717) is 0 Å². The average molecular weight is 294 g/mol. The highest BCUT2D eigenvalue weighted by atomic mass is 32.1. The molecule has 1 aliphatic heterocycles. The fourth-order valence-electron chi connectivity index (χ4n) is 2.99. The first-order chi connectivity index (χ1) is 9.86. The van der Waals surface area contributed by atoms with Crippen molar-refractivity contribution in [3.05, 3.63) is 11.6 Å². The number of rotatable bonds is 7. The van der Waals surface area contributed by atoms with Crippen LogP contribution in [0.2, 0.25) is 0 Å². The number of nitrogens with zero attached hydrogens (tertiary/aromatic N) is 3. The Morgan fingerprint density at radius 3 is 2.75 bits per heavy atom. The Hall–Kier alpha value is -0.650. The van der Waals surface area contributed by atoms with E-state index in [2.05, 4.69) is 32.4 Å². The summed E-state index contributed by atoms with van der Waals surface area (Å²) >= 11 is 1.76. The summed E-state index contributed by atoms with van der Waals surface area (Å²) in [7, 11) is 0. The third kappa shape index (κ3) is 3.71. The van der Waals surface area contributed by atoms with Gasteiger partial charge in [0.1, 0.15) is 0 Å². The largest absolute Gasteiger partial charge is 0.346 e. The first-order valence-electron chi connectivity index (χ1n) is 7.98. The zero-order valence-corrected chi connectivity index (χ0v) is 13.2. The number of aromatic nitrogens is 1. The molecule has 0 bridgehead atoms. The highest BCUT2D eigenvalue weighted by Gasteiger charge is 2.27. The second kappa shape index (κ2) is 6.87. The van der Waals surface area contributed by atoms with E-state index in [4.69, 9.17) is 0 Å². The van der Waals surface area contributed by atoms with E-state index in [-0.39, 0.29) is 0 Å². The van der Waals surface area contributed by atoms with Gasteiger partial charge in [0, 0.05) is 56.4 Å². The molecule has 0 spiro atoms. The summed E-state index contributed by atoms with van der Waals surface area (Å²) in [6.07, 6.45) is 7.28. The standard InChI is InChI=1S/C15H26N4S/c1-2-3-14(12-17-13-4-5-13)18-7-9-19(10-8-18)15-16-6-11-20-15/h6,11,13-14,17H,2-5,7-10,12H2,1H3. The molecule has 2 fully saturated rings. The van der Waals surface area contributed by atoms with Crippen LogP contribution in [0.15, 0.2) is 11.6 Å². The fourth-order valence-corrected chi connectivity index (χ4v) is 3.68. The monoisotopic (exact) mass is 294 g/mol. The minimum absolute atomic E-state index is 0.721. The maximum Gasteiger partial charge on any atom is 0.185 e. The fraction of sp³-hybridized carbons (Fsp3) is 0.800. The maximum atomic E-state index is 4.43. The van der Waals surface area contributed by atoms with Crippen molar-refractivity contribution in [2.45, 2.75) is 44.7 Å². The van der Waals surface area contributed by atoms with Crippen LogP contribution in [0, 0.1) is 0 Å². The third-order valence-corrected chi connectivity index (χ3v) is 5.19. The molecule has 1 saturated heterocycles. The van der Waals surface area contributed by atoms with Gasteiger partial charge in [0.2, 0.25) is 0 Å². The van der Waals surface area contributed by atoms with Crippen LogP contribution in [-0.4, -0.2) is 54.7 Å². The summed E-state index contributed by atoms with van der Waals surface area (Å²) in [5.41, 5.74) is 0. The molecule has 1 unspecified atom stereocenters. The van der Waals surface area contributed by atoms with Gasteiger partial charge in [-0.2, -0.15) is 0 Å². The van der Waals surface area contributed by atoms with Gasteiger partial charge in [-0.25, -0.2) is 4.98 Å². The lowest BCUT2D eigenvalue weighted by Crippen LogP contribution is -2.53. The quantitative estimate of drug-likeness (QED) is 0.835. The molecule has 1 N–H and O–H groups in total. The van der Waals surface area contributed by atoms with Crippen LogP contribution < -0.4 is 10.2 Å². The molecular weight excluding hydrogens is 268 g/mol. The van der Waals surface area contributed by atoms with Crippen LogP contribution in [-0.2, 0) is 0 Å². The minimum atomic E-state index is 0.721. The Morgan fingerprint density at radius 1 is 1.35 bits per heavy atom. The Balaban J connectivity index is 1.48. The molecule has 2 heterocycles. The molecule has 3 rings (SSSR count). The zero-order valence-electron chi connectivity index (χ0n) is 12.4. The van der Waals surface area contributed by atoms with Gasteiger partial charge < -0.3 is 10.2 Å². The molecule has 0 radical (unpaired) electrons.